The first-order chi connectivity index (χ1) is 48.6. The van der Waals surface area contributed by atoms with Crippen molar-refractivity contribution >= 4 is 143 Å². The standard InChI is InChI=1S/C21H24F4N6.C12H19F4N5.C11H13NO2.C8H8BrNO2.C5H9F2N.C3H7BO2.CH4O.CH3O.2CH4.ClH.3K.Na.HO4P/c22-20(23)8-6-13(10-20)26-18-29-17(16-3-1-2-15(28-16)12-4-5-12)30-19(31-18)27-14-7-9-21(24,25)11-14;13-11(14)3-1-7(5-11)19-9(17)21-10(18)20-8-2-4-12(15,16)6-8;1-2-14-11(13)10-5-3-4-9(12-10)8-6-7-8;1-2-12-8(11)6-4-3-5-7(9)10-6;6-5(7)2-1-4(8)3-5;5-4(6)3-1-2-3;2*1-2;;;;;;;;1-4-5(2)3/h1-3,12-14H,4-11H2,(H2,26,27,29,30,31);7-8H,1-6H2,(H5,17,18,19,20,21);3-5,8H,2,6-7H2,1H3;3-5H,2H2,1H3;4H,1-3,8H2;3,5-6H,1-2H2;2H,1H3;1H3;2*1H4;1H;;;;;1H/q;;;;;;;-1;;;;;;2*+1;/p-1. The van der Waals surface area contributed by atoms with E-state index in [0.717, 1.165) is 51.3 Å². The number of nitrogens with one attached hydrogen (secondary N) is 3. The topological polar surface area (TPSA) is 425 Å². The van der Waals surface area contributed by atoms with Crippen LogP contribution in [0.2, 0.25) is 5.82 Å². The number of aromatic nitrogens is 6. The number of nitrogens with zero attached hydrogens (tertiary/aromatic N) is 8. The quantitative estimate of drug-likeness (QED) is 0.00948. The molecule has 0 saturated heterocycles. The maximum atomic E-state index is 13.6. The number of nitrogens with two attached hydrogens (primary N) is 3. The van der Waals surface area contributed by atoms with E-state index in [-0.39, 0.29) is 239 Å². The number of esters is 2. The molecule has 44 heteroatoms. The molecule has 6 atom stereocenters. The van der Waals surface area contributed by atoms with Crippen LogP contribution in [0.4, 0.5) is 55.8 Å². The average molecular weight is 1740 g/mol. The van der Waals surface area contributed by atoms with Crippen LogP contribution >= 0.6 is 36.6 Å². The maximum absolute atomic E-state index is 13.6. The van der Waals surface area contributed by atoms with E-state index in [0.29, 0.717) is 66.0 Å². The molecule has 4 aromatic heterocycles. The summed E-state index contributed by atoms with van der Waals surface area (Å²) in [6.45, 7) is 4.32. The molecule has 12 N–H and O–H groups in total. The van der Waals surface area contributed by atoms with Crippen molar-refractivity contribution in [1.82, 2.24) is 35.2 Å². The molecule has 0 spiro atoms. The Morgan fingerprint density at radius 1 is 0.611 bits per heavy atom. The summed E-state index contributed by atoms with van der Waals surface area (Å²) in [5.74, 6) is -12.4. The molecule has 0 aromatic carbocycles. The van der Waals surface area contributed by atoms with Gasteiger partial charge in [-0.05, 0) is 134 Å². The Morgan fingerprint density at radius 2 is 0.981 bits per heavy atom. The number of aliphatic hydroxyl groups is 1. The van der Waals surface area contributed by atoms with Crippen molar-refractivity contribution in [2.75, 3.05) is 38.1 Å². The van der Waals surface area contributed by atoms with E-state index < -0.39 is 69.2 Å². The number of halogens is 12. The van der Waals surface area contributed by atoms with E-state index in [4.69, 9.17) is 61.7 Å². The van der Waals surface area contributed by atoms with Gasteiger partial charge in [0.05, 0.1) is 25.3 Å². The largest absolute Gasteiger partial charge is 1.00 e. The molecule has 8 fully saturated rings. The number of ether oxygens (including phenoxy) is 2. The zero-order valence-corrected chi connectivity index (χ0v) is 75.2. The van der Waals surface area contributed by atoms with Crippen LogP contribution in [0.15, 0.2) is 69.2 Å². The van der Waals surface area contributed by atoms with Crippen LogP contribution in [0.1, 0.15) is 208 Å². The molecule has 0 radical (unpaired) electrons. The monoisotopic (exact) mass is 1740 g/mol. The smallest absolute Gasteiger partial charge is 1.00 e. The number of hydrogen-bond acceptors (Lipinski definition) is 23. The summed E-state index contributed by atoms with van der Waals surface area (Å²) < 4.78 is 152. The van der Waals surface area contributed by atoms with Crippen molar-refractivity contribution in [1.29, 1.82) is 0 Å². The molecule has 8 saturated carbocycles. The molecule has 0 bridgehead atoms. The van der Waals surface area contributed by atoms with Gasteiger partial charge in [0.1, 0.15) is 21.7 Å². The molecule has 4 heterocycles. The van der Waals surface area contributed by atoms with Crippen LogP contribution in [-0.4, -0.2) is 226 Å². The van der Waals surface area contributed by atoms with Gasteiger partial charge in [-0.15, -0.1) is 12.4 Å². The van der Waals surface area contributed by atoms with Crippen LogP contribution in [0.3, 0.4) is 0 Å². The molecule has 0 aliphatic heterocycles. The number of carbonyl (C=O) groups excluding carboxylic acids is 2. The summed E-state index contributed by atoms with van der Waals surface area (Å²) >= 11 is 5.66. The van der Waals surface area contributed by atoms with Crippen molar-refractivity contribution < 1.29 is 184 Å². The minimum Gasteiger partial charge on any atom is 1.00 e. The molecular weight excluding hydrogens is 1640 g/mol. The number of alkyl halides is 10. The van der Waals surface area contributed by atoms with Gasteiger partial charge in [-0.3, -0.25) is 5.32 Å². The van der Waals surface area contributed by atoms with Gasteiger partial charge in [0, 0.05) is 113 Å². The van der Waals surface area contributed by atoms with E-state index in [1.54, 1.807) is 44.2 Å². The predicted molar refractivity (Wildman–Crippen MR) is 384 cm³/mol. The molecular formula is C64H96BBrClF10K3N14NaO12P. The number of pyridine rings is 3. The Bertz CT molecular complexity index is 3240. The minimum absolute atomic E-state index is 0. The van der Waals surface area contributed by atoms with Gasteiger partial charge >= 0.3 is 171 Å². The van der Waals surface area contributed by atoms with Gasteiger partial charge in [-0.2, -0.15) is 22.1 Å². The van der Waals surface area contributed by atoms with E-state index >= 15 is 0 Å². The number of guanidine groups is 2. The van der Waals surface area contributed by atoms with Gasteiger partial charge in [0.25, 0.3) is 0 Å². The number of hydrogen-bond donors (Lipinski definition) is 9. The molecule has 6 unspecified atom stereocenters. The molecule has 8 aliphatic rings. The summed E-state index contributed by atoms with van der Waals surface area (Å²) in [4.78, 5) is 65.1. The van der Waals surface area contributed by atoms with Gasteiger partial charge in [-0.1, -0.05) is 45.9 Å². The van der Waals surface area contributed by atoms with Crippen molar-refractivity contribution in [2.45, 2.75) is 241 Å². The number of aliphatic imine (C=N–C) groups is 2. The number of rotatable bonds is 15. The van der Waals surface area contributed by atoms with Crippen LogP contribution in [0, 0.1) is 0 Å². The second-order valence-electron chi connectivity index (χ2n) is 24.5. The average Bonchev–Trinajstić information content (AvgIpc) is 1.35. The first kappa shape index (κ1) is 112. The zero-order chi connectivity index (χ0) is 77.3. The van der Waals surface area contributed by atoms with Crippen molar-refractivity contribution in [3.8, 4) is 11.5 Å². The first-order valence-corrected chi connectivity index (χ1v) is 51.5. The maximum Gasteiger partial charge on any atom is 1.00 e. The fourth-order valence-corrected chi connectivity index (χ4v) is 10.8. The zero-order valence-electron chi connectivity index (χ0n) is 60.5. The molecule has 0 amide bonds. The minimum atomic E-state index is -3.15. The fraction of sp³-hybridized carbons (Fsp3) is 0.656. The SMILES string of the molecule is C.C.CCOC(=O)c1cccc(Br)n1.CCOC(=O)c1cccc(C2CC2)n1.CO.C[O-].Cl.FC1(F)CCC(Nc2nc(NC3CCC(F)(F)C3)nc(-c3cccc(C4CC4)n3)n2)C1.NC(=NC1CCC(F)(F)C1)NC(N)=NC1CCC(F)(F)C1.NC1CCC(F)(F)C1.O=[P+]([O-])O[O-].OB(O)C1CC1.[K+].[K][K].[Na+]. The van der Waals surface area contributed by atoms with Crippen molar-refractivity contribution in [3.05, 3.63) is 82.0 Å². The van der Waals surface area contributed by atoms with Gasteiger partial charge in [0.2, 0.25) is 41.5 Å². The molecule has 108 heavy (non-hydrogen) atoms. The van der Waals surface area contributed by atoms with E-state index in [2.05, 4.69) is 76.4 Å². The van der Waals surface area contributed by atoms with Gasteiger partial charge in [-0.25, -0.2) is 83.1 Å². The summed E-state index contributed by atoms with van der Waals surface area (Å²) in [5.41, 5.74) is 19.6. The molecule has 4 aromatic rings. The van der Waals surface area contributed by atoms with Gasteiger partial charge < -0.3 is 67.7 Å². The number of aliphatic hydroxyl groups excluding tert-OH is 1. The Morgan fingerprint density at radius 3 is 1.29 bits per heavy atom. The Labute approximate surface area is 750 Å². The molecule has 8 aliphatic carbocycles. The van der Waals surface area contributed by atoms with E-state index in [9.17, 15) is 53.5 Å². The van der Waals surface area contributed by atoms with Crippen molar-refractivity contribution in [2.24, 2.45) is 27.2 Å². The summed E-state index contributed by atoms with van der Waals surface area (Å²) in [5, 5.41) is 48.7. The summed E-state index contributed by atoms with van der Waals surface area (Å²) in [6, 6.07) is 14.0. The fourth-order valence-electron chi connectivity index (χ4n) is 10.5. The Kier molecular flexibility index (Phi) is 58.8. The van der Waals surface area contributed by atoms with E-state index in [1.165, 1.54) is 76.0 Å². The molecule has 590 valence electrons. The van der Waals surface area contributed by atoms with Crippen LogP contribution in [0.25, 0.3) is 11.5 Å². The normalized spacial score (nSPS) is 21.5. The Hall–Kier alpha value is -0.436. The summed E-state index contributed by atoms with van der Waals surface area (Å²) in [6.07, 6.45) is 5.96. The predicted octanol–water partition coefficient (Wildman–Crippen LogP) is 3.33. The van der Waals surface area contributed by atoms with Crippen LogP contribution in [0.5, 0.6) is 0 Å². The van der Waals surface area contributed by atoms with Crippen LogP contribution < -0.4 is 129 Å². The first-order valence-electron chi connectivity index (χ1n) is 33.6. The third-order valence-electron chi connectivity index (χ3n) is 15.8. The van der Waals surface area contributed by atoms with Crippen molar-refractivity contribution in [3.63, 3.8) is 0 Å². The molecule has 26 nitrogen and oxygen atoms in total. The van der Waals surface area contributed by atoms with Crippen LogP contribution in [-0.2, 0) is 18.7 Å². The molecule has 12 rings (SSSR count). The number of carbonyl (C=O) groups is 2. The van der Waals surface area contributed by atoms with Gasteiger partial charge in [0.15, 0.2) is 17.7 Å². The number of anilines is 2. The second kappa shape index (κ2) is 56.8. The third-order valence-corrected chi connectivity index (χ3v) is 16.3. The third kappa shape index (κ3) is 46.5. The van der Waals surface area contributed by atoms with E-state index in [1.807, 2.05) is 24.3 Å². The summed E-state index contributed by atoms with van der Waals surface area (Å²) in [7, 11) is -2.44. The Balaban J connectivity index is -0.00000126. The second-order valence-corrected chi connectivity index (χ2v) is 25.9.